The standard InChI is InChI=1S/C17H16N2O2/c1-13-5-7-14(8-6-13)11-17(20)19-15-3-2-4-16(12-15)21-10-9-18/h2-8,12H,10-11H2,1H3,(H,19,20). The van der Waals surface area contributed by atoms with Crippen molar-refractivity contribution in [3.05, 3.63) is 59.7 Å². The van der Waals surface area contributed by atoms with Crippen LogP contribution in [-0.2, 0) is 11.2 Å². The number of carbonyl (C=O) groups is 1. The maximum absolute atomic E-state index is 12.0. The van der Waals surface area contributed by atoms with Gasteiger partial charge >= 0.3 is 0 Å². The van der Waals surface area contributed by atoms with Crippen LogP contribution in [0.2, 0.25) is 0 Å². The fraction of sp³-hybridized carbons (Fsp3) is 0.176. The minimum atomic E-state index is -0.0868. The van der Waals surface area contributed by atoms with Crippen molar-refractivity contribution < 1.29 is 9.53 Å². The molecule has 0 fully saturated rings. The van der Waals surface area contributed by atoms with E-state index in [9.17, 15) is 4.79 Å². The van der Waals surface area contributed by atoms with Crippen molar-refractivity contribution in [3.8, 4) is 11.8 Å². The van der Waals surface area contributed by atoms with Crippen LogP contribution in [0.5, 0.6) is 5.75 Å². The molecule has 2 aromatic rings. The van der Waals surface area contributed by atoms with Gasteiger partial charge in [0.1, 0.15) is 11.8 Å². The number of hydrogen-bond donors (Lipinski definition) is 1. The lowest BCUT2D eigenvalue weighted by molar-refractivity contribution is -0.115. The van der Waals surface area contributed by atoms with Crippen molar-refractivity contribution in [2.45, 2.75) is 13.3 Å². The molecular weight excluding hydrogens is 264 g/mol. The summed E-state index contributed by atoms with van der Waals surface area (Å²) in [6.07, 6.45) is 0.323. The molecule has 1 amide bonds. The van der Waals surface area contributed by atoms with E-state index >= 15 is 0 Å². The summed E-state index contributed by atoms with van der Waals surface area (Å²) >= 11 is 0. The summed E-state index contributed by atoms with van der Waals surface area (Å²) < 4.78 is 5.20. The summed E-state index contributed by atoms with van der Waals surface area (Å²) in [7, 11) is 0. The Bertz CT molecular complexity index is 657. The number of benzene rings is 2. The quantitative estimate of drug-likeness (QED) is 0.915. The second kappa shape index (κ2) is 7.11. The van der Waals surface area contributed by atoms with Gasteiger partial charge in [-0.25, -0.2) is 0 Å². The minimum absolute atomic E-state index is 0.0131. The normalized spacial score (nSPS) is 9.71. The summed E-state index contributed by atoms with van der Waals surface area (Å²) in [6.45, 7) is 2.00. The number of ether oxygens (including phenoxy) is 1. The highest BCUT2D eigenvalue weighted by atomic mass is 16.5. The Labute approximate surface area is 124 Å². The molecule has 0 saturated carbocycles. The Balaban J connectivity index is 1.96. The van der Waals surface area contributed by atoms with Crippen LogP contribution in [-0.4, -0.2) is 12.5 Å². The number of nitriles is 1. The second-order valence-corrected chi connectivity index (χ2v) is 4.69. The van der Waals surface area contributed by atoms with Crippen LogP contribution in [0.4, 0.5) is 5.69 Å². The lowest BCUT2D eigenvalue weighted by atomic mass is 10.1. The molecule has 0 atom stereocenters. The smallest absolute Gasteiger partial charge is 0.228 e. The van der Waals surface area contributed by atoms with Gasteiger partial charge in [-0.3, -0.25) is 4.79 Å². The lowest BCUT2D eigenvalue weighted by Crippen LogP contribution is -2.14. The molecule has 0 aliphatic heterocycles. The first kappa shape index (κ1) is 14.6. The summed E-state index contributed by atoms with van der Waals surface area (Å²) in [4.78, 5) is 12.0. The third-order valence-electron chi connectivity index (χ3n) is 2.91. The molecule has 0 saturated heterocycles. The Morgan fingerprint density at radius 1 is 1.24 bits per heavy atom. The molecule has 0 bridgehead atoms. The van der Waals surface area contributed by atoms with Crippen LogP contribution >= 0.6 is 0 Å². The van der Waals surface area contributed by atoms with Gasteiger partial charge in [-0.2, -0.15) is 5.26 Å². The first-order chi connectivity index (χ1) is 10.2. The number of amides is 1. The van der Waals surface area contributed by atoms with Crippen molar-refractivity contribution in [1.29, 1.82) is 5.26 Å². The van der Waals surface area contributed by atoms with Gasteiger partial charge in [0, 0.05) is 11.8 Å². The Kier molecular flexibility index (Phi) is 4.94. The molecule has 0 aromatic heterocycles. The van der Waals surface area contributed by atoms with Gasteiger partial charge in [-0.05, 0) is 24.6 Å². The highest BCUT2D eigenvalue weighted by Gasteiger charge is 2.05. The number of aryl methyl sites for hydroxylation is 1. The van der Waals surface area contributed by atoms with Gasteiger partial charge in [0.25, 0.3) is 0 Å². The van der Waals surface area contributed by atoms with Gasteiger partial charge in [0.05, 0.1) is 6.42 Å². The number of hydrogen-bond acceptors (Lipinski definition) is 3. The van der Waals surface area contributed by atoms with E-state index in [4.69, 9.17) is 10.00 Å². The number of carbonyl (C=O) groups excluding carboxylic acids is 1. The van der Waals surface area contributed by atoms with Gasteiger partial charge in [-0.15, -0.1) is 0 Å². The van der Waals surface area contributed by atoms with E-state index in [1.807, 2.05) is 37.3 Å². The molecule has 106 valence electrons. The van der Waals surface area contributed by atoms with Crippen LogP contribution in [0.15, 0.2) is 48.5 Å². The molecule has 1 N–H and O–H groups in total. The molecule has 0 aliphatic rings. The zero-order valence-corrected chi connectivity index (χ0v) is 11.8. The Morgan fingerprint density at radius 3 is 2.71 bits per heavy atom. The molecule has 2 rings (SSSR count). The fourth-order valence-corrected chi connectivity index (χ4v) is 1.88. The SMILES string of the molecule is Cc1ccc(CC(=O)Nc2cccc(OCC#N)c2)cc1. The maximum Gasteiger partial charge on any atom is 0.228 e. The predicted octanol–water partition coefficient (Wildman–Crippen LogP) is 3.08. The van der Waals surface area contributed by atoms with E-state index in [0.717, 1.165) is 5.56 Å². The maximum atomic E-state index is 12.0. The third-order valence-corrected chi connectivity index (χ3v) is 2.91. The number of nitrogens with one attached hydrogen (secondary N) is 1. The zero-order valence-electron chi connectivity index (χ0n) is 11.8. The molecule has 0 heterocycles. The molecule has 0 aliphatic carbocycles. The predicted molar refractivity (Wildman–Crippen MR) is 81.1 cm³/mol. The largest absolute Gasteiger partial charge is 0.479 e. The molecular formula is C17H16N2O2. The number of nitrogens with zero attached hydrogens (tertiary/aromatic N) is 1. The Morgan fingerprint density at radius 2 is 2.00 bits per heavy atom. The summed E-state index contributed by atoms with van der Waals surface area (Å²) in [5.74, 6) is 0.473. The highest BCUT2D eigenvalue weighted by Crippen LogP contribution is 2.17. The number of rotatable bonds is 5. The van der Waals surface area contributed by atoms with E-state index in [2.05, 4.69) is 5.32 Å². The molecule has 21 heavy (non-hydrogen) atoms. The third kappa shape index (κ3) is 4.66. The highest BCUT2D eigenvalue weighted by molar-refractivity contribution is 5.92. The van der Waals surface area contributed by atoms with E-state index in [1.54, 1.807) is 24.3 Å². The van der Waals surface area contributed by atoms with Gasteiger partial charge in [0.15, 0.2) is 6.61 Å². The summed E-state index contributed by atoms with van der Waals surface area (Å²) in [5.41, 5.74) is 2.79. The fourth-order valence-electron chi connectivity index (χ4n) is 1.88. The summed E-state index contributed by atoms with van der Waals surface area (Å²) in [6, 6.07) is 16.8. The van der Waals surface area contributed by atoms with Crippen LogP contribution < -0.4 is 10.1 Å². The van der Waals surface area contributed by atoms with Crippen LogP contribution in [0.1, 0.15) is 11.1 Å². The number of anilines is 1. The molecule has 4 heteroatoms. The van der Waals surface area contributed by atoms with Gasteiger partial charge in [-0.1, -0.05) is 35.9 Å². The van der Waals surface area contributed by atoms with Crippen molar-refractivity contribution in [1.82, 2.24) is 0 Å². The first-order valence-electron chi connectivity index (χ1n) is 6.62. The van der Waals surface area contributed by atoms with Gasteiger partial charge in [0.2, 0.25) is 5.91 Å². The second-order valence-electron chi connectivity index (χ2n) is 4.69. The average Bonchev–Trinajstić information content (AvgIpc) is 2.48. The minimum Gasteiger partial charge on any atom is -0.479 e. The molecule has 2 aromatic carbocycles. The summed E-state index contributed by atoms with van der Waals surface area (Å²) in [5, 5.41) is 11.3. The molecule has 0 spiro atoms. The Hall–Kier alpha value is -2.80. The zero-order chi connectivity index (χ0) is 15.1. The molecule has 0 unspecified atom stereocenters. The van der Waals surface area contributed by atoms with Crippen molar-refractivity contribution in [2.75, 3.05) is 11.9 Å². The van der Waals surface area contributed by atoms with Crippen LogP contribution in [0, 0.1) is 18.3 Å². The van der Waals surface area contributed by atoms with E-state index in [1.165, 1.54) is 5.56 Å². The van der Waals surface area contributed by atoms with Gasteiger partial charge < -0.3 is 10.1 Å². The van der Waals surface area contributed by atoms with Crippen molar-refractivity contribution in [3.63, 3.8) is 0 Å². The van der Waals surface area contributed by atoms with Crippen LogP contribution in [0.25, 0.3) is 0 Å². The van der Waals surface area contributed by atoms with Crippen LogP contribution in [0.3, 0.4) is 0 Å². The molecule has 4 nitrogen and oxygen atoms in total. The van der Waals surface area contributed by atoms with E-state index in [-0.39, 0.29) is 12.5 Å². The van der Waals surface area contributed by atoms with Crippen molar-refractivity contribution >= 4 is 11.6 Å². The van der Waals surface area contributed by atoms with E-state index in [0.29, 0.717) is 17.9 Å². The first-order valence-corrected chi connectivity index (χ1v) is 6.62. The molecule has 0 radical (unpaired) electrons. The van der Waals surface area contributed by atoms with E-state index < -0.39 is 0 Å². The topological polar surface area (TPSA) is 62.1 Å². The monoisotopic (exact) mass is 280 g/mol. The van der Waals surface area contributed by atoms with Crippen molar-refractivity contribution in [2.24, 2.45) is 0 Å². The lowest BCUT2D eigenvalue weighted by Gasteiger charge is -2.07. The average molecular weight is 280 g/mol.